The number of nitrogens with one attached hydrogen (secondary N) is 1. The number of piperazine rings is 1. The largest absolute Gasteiger partial charge is 0.482 e. The van der Waals surface area contributed by atoms with Gasteiger partial charge >= 0.3 is 0 Å². The third-order valence-electron chi connectivity index (χ3n) is 7.72. The molecule has 0 saturated carbocycles. The molecule has 6 nitrogen and oxygen atoms in total. The Morgan fingerprint density at radius 3 is 2.65 bits per heavy atom. The molecule has 0 spiro atoms. The van der Waals surface area contributed by atoms with Crippen LogP contribution in [-0.2, 0) is 11.2 Å². The number of benzene rings is 2. The van der Waals surface area contributed by atoms with Crippen LogP contribution in [0.4, 0.5) is 5.69 Å². The molecule has 7 heteroatoms. The molecule has 4 atom stereocenters. The first-order valence-electron chi connectivity index (χ1n) is 12.8. The monoisotopic (exact) mass is 480 g/mol. The summed E-state index contributed by atoms with van der Waals surface area (Å²) in [6.07, 6.45) is 5.01. The molecular formula is C27H32N2O4S. The van der Waals surface area contributed by atoms with Crippen LogP contribution in [0.1, 0.15) is 53.7 Å². The van der Waals surface area contributed by atoms with Crippen molar-refractivity contribution in [3.63, 3.8) is 0 Å². The van der Waals surface area contributed by atoms with Crippen molar-refractivity contribution in [1.29, 1.82) is 0 Å². The smallest absolute Gasteiger partial charge is 0.278 e. The molecule has 5 aliphatic heterocycles. The van der Waals surface area contributed by atoms with Crippen LogP contribution in [0.25, 0.3) is 0 Å². The van der Waals surface area contributed by atoms with Crippen LogP contribution >= 0.6 is 11.8 Å². The Morgan fingerprint density at radius 1 is 0.941 bits per heavy atom. The number of hydrogen-bond donors (Lipinski definition) is 1. The Labute approximate surface area is 205 Å². The van der Waals surface area contributed by atoms with Gasteiger partial charge in [-0.3, -0.25) is 0 Å². The quantitative estimate of drug-likeness (QED) is 0.685. The van der Waals surface area contributed by atoms with Crippen LogP contribution in [0.15, 0.2) is 30.3 Å². The molecule has 3 fully saturated rings. The van der Waals surface area contributed by atoms with Crippen LogP contribution < -0.4 is 24.4 Å². The SMILES string of the molecule is c1ccc2c(c1)CC(C1Oc3cc(N4CCNCC4)c(C4CCCO4)c(C4CCCS4)c3O1)O2. The van der Waals surface area contributed by atoms with E-state index in [1.165, 1.54) is 41.0 Å². The van der Waals surface area contributed by atoms with E-state index in [1.807, 2.05) is 12.1 Å². The van der Waals surface area contributed by atoms with Gasteiger partial charge < -0.3 is 29.2 Å². The van der Waals surface area contributed by atoms with E-state index in [4.69, 9.17) is 18.9 Å². The second-order valence-corrected chi connectivity index (χ2v) is 11.2. The average molecular weight is 481 g/mol. The lowest BCUT2D eigenvalue weighted by molar-refractivity contribution is -0.0372. The molecule has 3 saturated heterocycles. The number of rotatable bonds is 4. The number of ether oxygens (including phenoxy) is 4. The summed E-state index contributed by atoms with van der Waals surface area (Å²) in [6, 6.07) is 10.5. The van der Waals surface area contributed by atoms with Gasteiger partial charge in [-0.2, -0.15) is 11.8 Å². The van der Waals surface area contributed by atoms with Gasteiger partial charge in [0.15, 0.2) is 17.6 Å². The number of anilines is 1. The number of hydrogen-bond acceptors (Lipinski definition) is 7. The standard InChI is InChI=1S/C27H32N2O4S/c1-2-6-19-17(5-1)15-22(31-19)27-32-21-16-18(29-11-9-28-10-12-29)24(20-7-3-13-30-20)25(26(21)33-27)23-8-4-14-34-23/h1-2,5-6,16,20,22-23,27-28H,3-4,7-15H2. The summed E-state index contributed by atoms with van der Waals surface area (Å²) in [5.74, 6) is 3.97. The molecule has 1 N–H and O–H groups in total. The van der Waals surface area contributed by atoms with Gasteiger partial charge in [0.1, 0.15) is 5.75 Å². The lowest BCUT2D eigenvalue weighted by Gasteiger charge is -2.34. The van der Waals surface area contributed by atoms with Gasteiger partial charge in [0.25, 0.3) is 6.29 Å². The molecule has 180 valence electrons. The van der Waals surface area contributed by atoms with E-state index in [9.17, 15) is 0 Å². The molecule has 7 rings (SSSR count). The molecule has 0 amide bonds. The highest BCUT2D eigenvalue weighted by atomic mass is 32.2. The van der Waals surface area contributed by atoms with Crippen molar-refractivity contribution in [3.05, 3.63) is 47.0 Å². The molecule has 5 aliphatic rings. The Kier molecular flexibility index (Phi) is 5.52. The van der Waals surface area contributed by atoms with E-state index in [0.29, 0.717) is 5.25 Å². The lowest BCUT2D eigenvalue weighted by Crippen LogP contribution is -2.44. The Morgan fingerprint density at radius 2 is 1.85 bits per heavy atom. The Hall–Kier alpha value is -2.09. The molecular weight excluding hydrogens is 448 g/mol. The minimum absolute atomic E-state index is 0.136. The summed E-state index contributed by atoms with van der Waals surface area (Å²) < 4.78 is 25.8. The van der Waals surface area contributed by atoms with Crippen molar-refractivity contribution in [1.82, 2.24) is 5.32 Å². The van der Waals surface area contributed by atoms with Crippen molar-refractivity contribution in [3.8, 4) is 17.2 Å². The molecule has 0 aromatic heterocycles. The normalized spacial score (nSPS) is 29.9. The van der Waals surface area contributed by atoms with Crippen molar-refractivity contribution >= 4 is 17.4 Å². The minimum Gasteiger partial charge on any atom is -0.482 e. The summed E-state index contributed by atoms with van der Waals surface area (Å²) in [5, 5.41) is 3.93. The van der Waals surface area contributed by atoms with E-state index in [0.717, 1.165) is 69.3 Å². The van der Waals surface area contributed by atoms with Crippen molar-refractivity contribution in [2.45, 2.75) is 55.9 Å². The van der Waals surface area contributed by atoms with Gasteiger partial charge in [0.05, 0.1) is 6.10 Å². The van der Waals surface area contributed by atoms with Crippen molar-refractivity contribution < 1.29 is 18.9 Å². The first kappa shape index (κ1) is 21.2. The second kappa shape index (κ2) is 8.85. The number of nitrogens with zero attached hydrogens (tertiary/aromatic N) is 1. The zero-order valence-corrected chi connectivity index (χ0v) is 20.3. The minimum atomic E-state index is -0.428. The van der Waals surface area contributed by atoms with Crippen LogP contribution in [0.5, 0.6) is 17.2 Å². The lowest BCUT2D eigenvalue weighted by atomic mass is 9.92. The summed E-state index contributed by atoms with van der Waals surface area (Å²) >= 11 is 2.06. The fraction of sp³-hybridized carbons (Fsp3) is 0.556. The summed E-state index contributed by atoms with van der Waals surface area (Å²) in [5.41, 5.74) is 5.20. The Balaban J connectivity index is 1.29. The van der Waals surface area contributed by atoms with E-state index in [2.05, 4.69) is 40.2 Å². The maximum Gasteiger partial charge on any atom is 0.278 e. The molecule has 0 radical (unpaired) electrons. The van der Waals surface area contributed by atoms with E-state index in [1.54, 1.807) is 0 Å². The molecule has 4 unspecified atom stereocenters. The summed E-state index contributed by atoms with van der Waals surface area (Å²) in [7, 11) is 0. The highest BCUT2D eigenvalue weighted by Gasteiger charge is 2.43. The zero-order chi connectivity index (χ0) is 22.5. The first-order chi connectivity index (χ1) is 16.8. The van der Waals surface area contributed by atoms with Gasteiger partial charge in [0, 0.05) is 67.3 Å². The van der Waals surface area contributed by atoms with Gasteiger partial charge in [-0.15, -0.1) is 0 Å². The van der Waals surface area contributed by atoms with Crippen molar-refractivity contribution in [2.24, 2.45) is 0 Å². The van der Waals surface area contributed by atoms with Gasteiger partial charge in [-0.05, 0) is 43.1 Å². The topological polar surface area (TPSA) is 52.2 Å². The van der Waals surface area contributed by atoms with Crippen LogP contribution in [-0.4, -0.2) is 50.9 Å². The second-order valence-electron chi connectivity index (χ2n) is 9.86. The van der Waals surface area contributed by atoms with Gasteiger partial charge in [-0.25, -0.2) is 0 Å². The summed E-state index contributed by atoms with van der Waals surface area (Å²) in [4.78, 5) is 2.52. The van der Waals surface area contributed by atoms with Crippen LogP contribution in [0.3, 0.4) is 0 Å². The van der Waals surface area contributed by atoms with Crippen LogP contribution in [0, 0.1) is 0 Å². The highest BCUT2D eigenvalue weighted by Crippen LogP contribution is 2.56. The molecule has 34 heavy (non-hydrogen) atoms. The molecule has 0 aliphatic carbocycles. The third-order valence-corrected chi connectivity index (χ3v) is 9.11. The van der Waals surface area contributed by atoms with E-state index in [-0.39, 0.29) is 12.2 Å². The molecule has 0 bridgehead atoms. The summed E-state index contributed by atoms with van der Waals surface area (Å²) in [6.45, 7) is 4.85. The molecule has 2 aromatic rings. The predicted molar refractivity (Wildman–Crippen MR) is 133 cm³/mol. The van der Waals surface area contributed by atoms with Crippen molar-refractivity contribution in [2.75, 3.05) is 43.4 Å². The number of para-hydroxylation sites is 1. The molecule has 2 aromatic carbocycles. The maximum absolute atomic E-state index is 6.66. The fourth-order valence-corrected chi connectivity index (χ4v) is 7.44. The maximum atomic E-state index is 6.66. The van der Waals surface area contributed by atoms with Crippen LogP contribution in [0.2, 0.25) is 0 Å². The zero-order valence-electron chi connectivity index (χ0n) is 19.5. The number of thioether (sulfide) groups is 1. The first-order valence-corrected chi connectivity index (χ1v) is 13.9. The van der Waals surface area contributed by atoms with Gasteiger partial charge in [-0.1, -0.05) is 18.2 Å². The molecule has 5 heterocycles. The predicted octanol–water partition coefficient (Wildman–Crippen LogP) is 4.62. The fourth-order valence-electron chi connectivity index (χ4n) is 6.08. The Bertz CT molecular complexity index is 1040. The van der Waals surface area contributed by atoms with E-state index >= 15 is 0 Å². The highest BCUT2D eigenvalue weighted by molar-refractivity contribution is 7.99. The third kappa shape index (κ3) is 3.64. The average Bonchev–Trinajstić information content (AvgIpc) is 3.69. The number of fused-ring (bicyclic) bond motifs is 2. The van der Waals surface area contributed by atoms with Gasteiger partial charge in [0.2, 0.25) is 0 Å². The van der Waals surface area contributed by atoms with E-state index < -0.39 is 6.29 Å².